The average Bonchev–Trinajstić information content (AvgIpc) is 2.03. The minimum Gasteiger partial charge on any atom is -0.380 e. The molecule has 0 heterocycles. The predicted octanol–water partition coefficient (Wildman–Crippen LogP) is 1.83. The fourth-order valence-electron chi connectivity index (χ4n) is 0.708. The number of rotatable bonds is 8. The molecule has 0 saturated heterocycles. The summed E-state index contributed by atoms with van der Waals surface area (Å²) in [4.78, 5) is 0. The molecule has 0 radical (unpaired) electrons. The van der Waals surface area contributed by atoms with Crippen LogP contribution in [-0.4, -0.2) is 30.7 Å². The van der Waals surface area contributed by atoms with E-state index in [1.807, 2.05) is 0 Å². The van der Waals surface area contributed by atoms with Gasteiger partial charge >= 0.3 is 0 Å². The fourth-order valence-corrected chi connectivity index (χ4v) is 1.09. The van der Waals surface area contributed by atoms with Crippen LogP contribution in [0.3, 0.4) is 0 Å². The standard InChI is InChI=1S/C8H18INO/c1-2-7-11-8-6-10-5-3-4-9/h10H,2-8H2,1H3. The van der Waals surface area contributed by atoms with Gasteiger partial charge in [0.25, 0.3) is 0 Å². The third-order valence-electron chi connectivity index (χ3n) is 1.26. The molecule has 0 amide bonds. The van der Waals surface area contributed by atoms with Gasteiger partial charge in [0, 0.05) is 17.6 Å². The van der Waals surface area contributed by atoms with Crippen molar-refractivity contribution in [3.63, 3.8) is 0 Å². The number of ether oxygens (including phenoxy) is 1. The first kappa shape index (κ1) is 11.6. The van der Waals surface area contributed by atoms with Crippen molar-refractivity contribution in [2.75, 3.05) is 30.7 Å². The van der Waals surface area contributed by atoms with E-state index in [1.54, 1.807) is 0 Å². The Morgan fingerprint density at radius 3 is 2.73 bits per heavy atom. The first-order chi connectivity index (χ1) is 5.41. The summed E-state index contributed by atoms with van der Waals surface area (Å²) in [5.41, 5.74) is 0. The zero-order valence-corrected chi connectivity index (χ0v) is 9.39. The largest absolute Gasteiger partial charge is 0.380 e. The Kier molecular flexibility index (Phi) is 11.3. The Morgan fingerprint density at radius 1 is 1.27 bits per heavy atom. The lowest BCUT2D eigenvalue weighted by Crippen LogP contribution is -2.21. The highest BCUT2D eigenvalue weighted by atomic mass is 127. The Hall–Kier alpha value is 0.650. The summed E-state index contributed by atoms with van der Waals surface area (Å²) in [6, 6.07) is 0. The monoisotopic (exact) mass is 271 g/mol. The summed E-state index contributed by atoms with van der Waals surface area (Å²) in [7, 11) is 0. The van der Waals surface area contributed by atoms with Crippen LogP contribution in [0.4, 0.5) is 0 Å². The molecule has 0 rings (SSSR count). The van der Waals surface area contributed by atoms with Crippen LogP contribution in [-0.2, 0) is 4.74 Å². The molecule has 11 heavy (non-hydrogen) atoms. The smallest absolute Gasteiger partial charge is 0.0590 e. The van der Waals surface area contributed by atoms with Crippen molar-refractivity contribution in [2.45, 2.75) is 19.8 Å². The van der Waals surface area contributed by atoms with Crippen LogP contribution in [0.2, 0.25) is 0 Å². The van der Waals surface area contributed by atoms with Crippen LogP contribution >= 0.6 is 22.6 Å². The van der Waals surface area contributed by atoms with Gasteiger partial charge < -0.3 is 10.1 Å². The Balaban J connectivity index is 2.69. The van der Waals surface area contributed by atoms with Gasteiger partial charge in [0.05, 0.1) is 6.61 Å². The summed E-state index contributed by atoms with van der Waals surface area (Å²) in [5, 5.41) is 3.32. The molecule has 0 aromatic heterocycles. The van der Waals surface area contributed by atoms with Gasteiger partial charge in [0.1, 0.15) is 0 Å². The van der Waals surface area contributed by atoms with E-state index in [0.717, 1.165) is 32.7 Å². The molecule has 0 fully saturated rings. The van der Waals surface area contributed by atoms with Gasteiger partial charge in [-0.2, -0.15) is 0 Å². The highest BCUT2D eigenvalue weighted by Crippen LogP contribution is 1.85. The highest BCUT2D eigenvalue weighted by molar-refractivity contribution is 14.1. The minimum atomic E-state index is 0.856. The molecule has 0 aromatic carbocycles. The number of hydrogen-bond donors (Lipinski definition) is 1. The third-order valence-corrected chi connectivity index (χ3v) is 2.02. The van der Waals surface area contributed by atoms with E-state index in [1.165, 1.54) is 10.8 Å². The zero-order valence-electron chi connectivity index (χ0n) is 7.24. The number of alkyl halides is 1. The van der Waals surface area contributed by atoms with E-state index >= 15 is 0 Å². The van der Waals surface area contributed by atoms with Gasteiger partial charge in [-0.1, -0.05) is 29.5 Å². The number of nitrogens with one attached hydrogen (secondary N) is 1. The summed E-state index contributed by atoms with van der Waals surface area (Å²) >= 11 is 2.39. The second-order valence-electron chi connectivity index (χ2n) is 2.40. The average molecular weight is 271 g/mol. The first-order valence-corrected chi connectivity index (χ1v) is 5.78. The van der Waals surface area contributed by atoms with E-state index in [0.29, 0.717) is 0 Å². The topological polar surface area (TPSA) is 21.3 Å². The van der Waals surface area contributed by atoms with E-state index in [9.17, 15) is 0 Å². The molecule has 2 nitrogen and oxygen atoms in total. The van der Waals surface area contributed by atoms with Crippen molar-refractivity contribution in [2.24, 2.45) is 0 Å². The summed E-state index contributed by atoms with van der Waals surface area (Å²) in [5.74, 6) is 0. The van der Waals surface area contributed by atoms with Crippen molar-refractivity contribution < 1.29 is 4.74 Å². The summed E-state index contributed by atoms with van der Waals surface area (Å²) in [6.45, 7) is 6.00. The normalized spacial score (nSPS) is 10.4. The second-order valence-corrected chi connectivity index (χ2v) is 3.48. The quantitative estimate of drug-likeness (QED) is 0.413. The highest BCUT2D eigenvalue weighted by Gasteiger charge is 1.86. The maximum absolute atomic E-state index is 5.30. The minimum absolute atomic E-state index is 0.856. The molecule has 0 aliphatic heterocycles. The molecule has 0 aliphatic carbocycles. The van der Waals surface area contributed by atoms with Crippen molar-refractivity contribution in [3.05, 3.63) is 0 Å². The Labute approximate surface area is 83.2 Å². The fraction of sp³-hybridized carbons (Fsp3) is 1.00. The molecule has 1 N–H and O–H groups in total. The first-order valence-electron chi connectivity index (χ1n) is 4.26. The molecular formula is C8H18INO. The lowest BCUT2D eigenvalue weighted by Gasteiger charge is -2.03. The van der Waals surface area contributed by atoms with Crippen LogP contribution in [0.1, 0.15) is 19.8 Å². The molecule has 0 aromatic rings. The Morgan fingerprint density at radius 2 is 2.09 bits per heavy atom. The number of halogens is 1. The van der Waals surface area contributed by atoms with E-state index in [4.69, 9.17) is 4.74 Å². The van der Waals surface area contributed by atoms with Crippen molar-refractivity contribution in [1.82, 2.24) is 5.32 Å². The Bertz CT molecular complexity index is 63.1. The van der Waals surface area contributed by atoms with Crippen LogP contribution < -0.4 is 5.32 Å². The molecule has 68 valence electrons. The molecule has 0 spiro atoms. The van der Waals surface area contributed by atoms with E-state index in [2.05, 4.69) is 34.8 Å². The SMILES string of the molecule is CCCOCCNCCCI. The van der Waals surface area contributed by atoms with E-state index < -0.39 is 0 Å². The zero-order chi connectivity index (χ0) is 8.36. The van der Waals surface area contributed by atoms with Gasteiger partial charge in [-0.05, 0) is 19.4 Å². The number of hydrogen-bond acceptors (Lipinski definition) is 2. The van der Waals surface area contributed by atoms with Crippen molar-refractivity contribution in [1.29, 1.82) is 0 Å². The molecule has 0 aliphatic rings. The van der Waals surface area contributed by atoms with Gasteiger partial charge in [-0.3, -0.25) is 0 Å². The molecule has 3 heteroatoms. The maximum atomic E-state index is 5.30. The van der Waals surface area contributed by atoms with Crippen LogP contribution in [0, 0.1) is 0 Å². The van der Waals surface area contributed by atoms with Crippen molar-refractivity contribution >= 4 is 22.6 Å². The van der Waals surface area contributed by atoms with Gasteiger partial charge in [-0.25, -0.2) is 0 Å². The van der Waals surface area contributed by atoms with E-state index in [-0.39, 0.29) is 0 Å². The molecule has 0 bridgehead atoms. The molecular weight excluding hydrogens is 253 g/mol. The molecule has 0 atom stereocenters. The van der Waals surface area contributed by atoms with Crippen molar-refractivity contribution in [3.8, 4) is 0 Å². The lowest BCUT2D eigenvalue weighted by molar-refractivity contribution is 0.136. The maximum Gasteiger partial charge on any atom is 0.0590 e. The molecule has 0 saturated carbocycles. The van der Waals surface area contributed by atoms with Crippen LogP contribution in [0.15, 0.2) is 0 Å². The van der Waals surface area contributed by atoms with Crippen LogP contribution in [0.25, 0.3) is 0 Å². The lowest BCUT2D eigenvalue weighted by atomic mass is 10.5. The van der Waals surface area contributed by atoms with Gasteiger partial charge in [0.2, 0.25) is 0 Å². The summed E-state index contributed by atoms with van der Waals surface area (Å²) in [6.07, 6.45) is 2.38. The second kappa shape index (κ2) is 10.7. The summed E-state index contributed by atoms with van der Waals surface area (Å²) < 4.78 is 6.54. The molecule has 0 unspecified atom stereocenters. The van der Waals surface area contributed by atoms with Crippen LogP contribution in [0.5, 0.6) is 0 Å². The third kappa shape index (κ3) is 10.7. The predicted molar refractivity (Wildman–Crippen MR) is 57.5 cm³/mol. The van der Waals surface area contributed by atoms with Gasteiger partial charge in [-0.15, -0.1) is 0 Å². The van der Waals surface area contributed by atoms with Gasteiger partial charge in [0.15, 0.2) is 0 Å².